The molecule has 80 valence electrons. The van der Waals surface area contributed by atoms with Crippen molar-refractivity contribution in [3.8, 4) is 0 Å². The van der Waals surface area contributed by atoms with Gasteiger partial charge in [-0.2, -0.15) is 0 Å². The van der Waals surface area contributed by atoms with Crippen LogP contribution in [0.4, 0.5) is 0 Å². The van der Waals surface area contributed by atoms with Crippen molar-refractivity contribution in [1.82, 2.24) is 0 Å². The Bertz CT molecular complexity index is 335. The number of rotatable bonds is 5. The Hall–Kier alpha value is -1.68. The monoisotopic (exact) mass is 207 g/mol. The quantitative estimate of drug-likeness (QED) is 0.550. The van der Waals surface area contributed by atoms with E-state index in [1.807, 2.05) is 30.3 Å². The van der Waals surface area contributed by atoms with Crippen LogP contribution < -0.4 is 0 Å². The zero-order chi connectivity index (χ0) is 11.1. The van der Waals surface area contributed by atoms with Crippen LogP contribution in [0.1, 0.15) is 12.5 Å². The molecule has 0 aliphatic carbocycles. The van der Waals surface area contributed by atoms with Crippen LogP contribution >= 0.6 is 0 Å². The number of benzene rings is 1. The fourth-order valence-corrected chi connectivity index (χ4v) is 1.05. The van der Waals surface area contributed by atoms with Gasteiger partial charge in [-0.05, 0) is 12.5 Å². The third kappa shape index (κ3) is 4.93. The van der Waals surface area contributed by atoms with E-state index in [0.29, 0.717) is 6.61 Å². The number of nitro groups is 1. The van der Waals surface area contributed by atoms with Gasteiger partial charge < -0.3 is 4.74 Å². The molecule has 1 aromatic rings. The molecule has 0 N–H and O–H groups in total. The van der Waals surface area contributed by atoms with E-state index in [1.165, 1.54) is 6.08 Å². The van der Waals surface area contributed by atoms with Crippen molar-refractivity contribution in [2.45, 2.75) is 19.6 Å². The van der Waals surface area contributed by atoms with Crippen LogP contribution in [0, 0.1) is 10.1 Å². The van der Waals surface area contributed by atoms with Crippen molar-refractivity contribution in [3.05, 3.63) is 58.3 Å². The summed E-state index contributed by atoms with van der Waals surface area (Å²) in [6, 6.07) is 9.68. The first kappa shape index (κ1) is 11.4. The molecule has 0 aliphatic rings. The molecular weight excluding hydrogens is 194 g/mol. The van der Waals surface area contributed by atoms with E-state index in [4.69, 9.17) is 4.74 Å². The zero-order valence-electron chi connectivity index (χ0n) is 8.50. The first-order chi connectivity index (χ1) is 7.18. The molecule has 0 heterocycles. The maximum Gasteiger partial charge on any atom is 0.233 e. The predicted octanol–water partition coefficient (Wildman–Crippen LogP) is 2.38. The third-order valence-corrected chi connectivity index (χ3v) is 1.83. The minimum atomic E-state index is -0.498. The molecule has 0 unspecified atom stereocenters. The lowest BCUT2D eigenvalue weighted by Crippen LogP contribution is -2.05. The van der Waals surface area contributed by atoms with Crippen molar-refractivity contribution in [2.24, 2.45) is 0 Å². The number of nitrogens with zero attached hydrogens (tertiary/aromatic N) is 1. The number of hydrogen-bond acceptors (Lipinski definition) is 3. The van der Waals surface area contributed by atoms with Crippen LogP contribution in [-0.4, -0.2) is 11.0 Å². The molecule has 0 spiro atoms. The second-order valence-corrected chi connectivity index (χ2v) is 3.13. The summed E-state index contributed by atoms with van der Waals surface area (Å²) < 4.78 is 5.39. The van der Waals surface area contributed by atoms with E-state index in [2.05, 4.69) is 0 Å². The Morgan fingerprint density at radius 2 is 2.13 bits per heavy atom. The molecule has 0 aromatic heterocycles. The molecule has 0 saturated carbocycles. The van der Waals surface area contributed by atoms with Gasteiger partial charge in [0, 0.05) is 6.08 Å². The molecule has 1 atom stereocenters. The minimum Gasteiger partial charge on any atom is -0.370 e. The highest BCUT2D eigenvalue weighted by molar-refractivity contribution is 5.13. The molecular formula is C11H13NO3. The van der Waals surface area contributed by atoms with Crippen LogP contribution in [0.3, 0.4) is 0 Å². The average molecular weight is 207 g/mol. The van der Waals surface area contributed by atoms with Gasteiger partial charge in [0.15, 0.2) is 0 Å². The molecule has 0 aliphatic heterocycles. The topological polar surface area (TPSA) is 52.4 Å². The molecule has 0 radical (unpaired) electrons. The van der Waals surface area contributed by atoms with Crippen LogP contribution in [0.25, 0.3) is 0 Å². The molecule has 0 saturated heterocycles. The smallest absolute Gasteiger partial charge is 0.233 e. The van der Waals surface area contributed by atoms with Crippen LogP contribution in [0.5, 0.6) is 0 Å². The Labute approximate surface area is 88.3 Å². The summed E-state index contributed by atoms with van der Waals surface area (Å²) in [5.41, 5.74) is 1.05. The summed E-state index contributed by atoms with van der Waals surface area (Å²) >= 11 is 0. The molecule has 0 amide bonds. The molecule has 1 rings (SSSR count). The Morgan fingerprint density at radius 3 is 2.73 bits per heavy atom. The van der Waals surface area contributed by atoms with Gasteiger partial charge in [0.05, 0.1) is 17.6 Å². The zero-order valence-corrected chi connectivity index (χ0v) is 8.50. The fraction of sp³-hybridized carbons (Fsp3) is 0.273. The third-order valence-electron chi connectivity index (χ3n) is 1.83. The standard InChI is InChI=1S/C11H13NO3/c1-10(7-8-12(13)14)15-9-11-5-3-2-4-6-11/h2-8,10H,9H2,1H3/b8-7+/t10-/m0/s1. The van der Waals surface area contributed by atoms with Crippen molar-refractivity contribution in [3.63, 3.8) is 0 Å². The maximum absolute atomic E-state index is 10.0. The summed E-state index contributed by atoms with van der Waals surface area (Å²) in [5, 5.41) is 10.0. The van der Waals surface area contributed by atoms with Gasteiger partial charge >= 0.3 is 0 Å². The summed E-state index contributed by atoms with van der Waals surface area (Å²) in [6.45, 7) is 2.23. The summed E-state index contributed by atoms with van der Waals surface area (Å²) in [6.07, 6.45) is 2.06. The molecule has 1 aromatic carbocycles. The summed E-state index contributed by atoms with van der Waals surface area (Å²) in [4.78, 5) is 9.54. The van der Waals surface area contributed by atoms with E-state index in [1.54, 1.807) is 6.92 Å². The lowest BCUT2D eigenvalue weighted by Gasteiger charge is -2.07. The molecule has 0 fully saturated rings. The average Bonchev–Trinajstić information content (AvgIpc) is 2.25. The van der Waals surface area contributed by atoms with Gasteiger partial charge in [-0.3, -0.25) is 10.1 Å². The predicted molar refractivity (Wildman–Crippen MR) is 56.8 cm³/mol. The van der Waals surface area contributed by atoms with Crippen LogP contribution in [-0.2, 0) is 11.3 Å². The summed E-state index contributed by atoms with van der Waals surface area (Å²) in [7, 11) is 0. The van der Waals surface area contributed by atoms with Crippen molar-refractivity contribution < 1.29 is 9.66 Å². The lowest BCUT2D eigenvalue weighted by molar-refractivity contribution is -0.403. The second-order valence-electron chi connectivity index (χ2n) is 3.13. The first-order valence-electron chi connectivity index (χ1n) is 4.66. The Kier molecular flexibility index (Phi) is 4.50. The number of ether oxygens (including phenoxy) is 1. The van der Waals surface area contributed by atoms with E-state index >= 15 is 0 Å². The van der Waals surface area contributed by atoms with E-state index < -0.39 is 4.92 Å². The molecule has 0 bridgehead atoms. The first-order valence-corrected chi connectivity index (χ1v) is 4.66. The highest BCUT2D eigenvalue weighted by Crippen LogP contribution is 2.03. The maximum atomic E-state index is 10.0. The Morgan fingerprint density at radius 1 is 1.47 bits per heavy atom. The molecule has 4 nitrogen and oxygen atoms in total. The van der Waals surface area contributed by atoms with E-state index in [-0.39, 0.29) is 6.10 Å². The number of hydrogen-bond donors (Lipinski definition) is 0. The SMILES string of the molecule is C[C@@H](/C=C/[N+](=O)[O-])OCc1ccccc1. The van der Waals surface area contributed by atoms with E-state index in [9.17, 15) is 10.1 Å². The largest absolute Gasteiger partial charge is 0.370 e. The van der Waals surface area contributed by atoms with Gasteiger partial charge in [-0.25, -0.2) is 0 Å². The lowest BCUT2D eigenvalue weighted by atomic mass is 10.2. The highest BCUT2D eigenvalue weighted by atomic mass is 16.6. The summed E-state index contributed by atoms with van der Waals surface area (Å²) in [5.74, 6) is 0. The highest BCUT2D eigenvalue weighted by Gasteiger charge is 1.99. The van der Waals surface area contributed by atoms with Gasteiger partial charge in [0.2, 0.25) is 6.20 Å². The van der Waals surface area contributed by atoms with Crippen molar-refractivity contribution in [1.29, 1.82) is 0 Å². The molecule has 4 heteroatoms. The van der Waals surface area contributed by atoms with Gasteiger partial charge in [0.25, 0.3) is 0 Å². The van der Waals surface area contributed by atoms with E-state index in [0.717, 1.165) is 11.8 Å². The fourth-order valence-electron chi connectivity index (χ4n) is 1.05. The van der Waals surface area contributed by atoms with Crippen LogP contribution in [0.15, 0.2) is 42.6 Å². The van der Waals surface area contributed by atoms with Crippen LogP contribution in [0.2, 0.25) is 0 Å². The minimum absolute atomic E-state index is 0.254. The van der Waals surface area contributed by atoms with Gasteiger partial charge in [-0.15, -0.1) is 0 Å². The van der Waals surface area contributed by atoms with Crippen molar-refractivity contribution in [2.75, 3.05) is 0 Å². The van der Waals surface area contributed by atoms with Crippen molar-refractivity contribution >= 4 is 0 Å². The second kappa shape index (κ2) is 5.93. The van der Waals surface area contributed by atoms with Gasteiger partial charge in [0.1, 0.15) is 0 Å². The molecule has 15 heavy (non-hydrogen) atoms. The normalized spacial score (nSPS) is 12.9. The Balaban J connectivity index is 2.34. The van der Waals surface area contributed by atoms with Gasteiger partial charge in [-0.1, -0.05) is 30.3 Å².